The third-order valence-electron chi connectivity index (χ3n) is 3.78. The average molecular weight is 364 g/mol. The molecule has 0 spiro atoms. The molecule has 0 unspecified atom stereocenters. The Morgan fingerprint density at radius 2 is 1.59 bits per heavy atom. The maximum absolute atomic E-state index is 11.5. The van der Waals surface area contributed by atoms with E-state index in [4.69, 9.17) is 0 Å². The van der Waals surface area contributed by atoms with Gasteiger partial charge in [0.05, 0.1) is 18.9 Å². The van der Waals surface area contributed by atoms with Crippen LogP contribution in [0.25, 0.3) is 0 Å². The Hall–Kier alpha value is -3.68. The van der Waals surface area contributed by atoms with Gasteiger partial charge >= 0.3 is 5.97 Å². The van der Waals surface area contributed by atoms with Crippen LogP contribution in [0.2, 0.25) is 0 Å². The van der Waals surface area contributed by atoms with Crippen LogP contribution in [0.15, 0.2) is 54.7 Å². The van der Waals surface area contributed by atoms with Crippen molar-refractivity contribution in [3.05, 3.63) is 60.3 Å². The minimum Gasteiger partial charge on any atom is -0.465 e. The Bertz CT molecular complexity index is 910. The molecule has 3 aromatic rings. The lowest BCUT2D eigenvalue weighted by Gasteiger charge is -2.13. The standard InChI is InChI=1S/C19H20N6O2/c1-25(2)16-10-8-14(9-11-16)21-17-12-20-24-19(23-17)22-15-6-4-13(5-7-15)18(26)27-3/h4-12H,1-3H3,(H2,21,22,23,24). The van der Waals surface area contributed by atoms with Crippen molar-refractivity contribution in [3.63, 3.8) is 0 Å². The molecule has 2 N–H and O–H groups in total. The van der Waals surface area contributed by atoms with E-state index in [1.807, 2.05) is 43.3 Å². The van der Waals surface area contributed by atoms with Crippen LogP contribution in [0.4, 0.5) is 28.8 Å². The lowest BCUT2D eigenvalue weighted by molar-refractivity contribution is 0.0601. The van der Waals surface area contributed by atoms with Crippen molar-refractivity contribution >= 4 is 34.8 Å². The highest BCUT2D eigenvalue weighted by atomic mass is 16.5. The van der Waals surface area contributed by atoms with Crippen LogP contribution >= 0.6 is 0 Å². The van der Waals surface area contributed by atoms with Gasteiger partial charge in [0.25, 0.3) is 0 Å². The second-order valence-corrected chi connectivity index (χ2v) is 5.93. The number of nitrogens with one attached hydrogen (secondary N) is 2. The summed E-state index contributed by atoms with van der Waals surface area (Å²) < 4.78 is 4.68. The van der Waals surface area contributed by atoms with E-state index in [1.54, 1.807) is 30.5 Å². The molecule has 0 amide bonds. The lowest BCUT2D eigenvalue weighted by atomic mass is 10.2. The molecular formula is C19H20N6O2. The van der Waals surface area contributed by atoms with E-state index in [0.29, 0.717) is 17.3 Å². The average Bonchev–Trinajstić information content (AvgIpc) is 2.68. The zero-order valence-corrected chi connectivity index (χ0v) is 15.3. The fourth-order valence-electron chi connectivity index (χ4n) is 2.34. The molecule has 0 aliphatic carbocycles. The first-order valence-corrected chi connectivity index (χ1v) is 8.24. The Morgan fingerprint density at radius 1 is 0.963 bits per heavy atom. The zero-order chi connectivity index (χ0) is 19.2. The third kappa shape index (κ3) is 4.69. The molecule has 8 heteroatoms. The van der Waals surface area contributed by atoms with Crippen LogP contribution < -0.4 is 15.5 Å². The number of hydrogen-bond acceptors (Lipinski definition) is 8. The van der Waals surface area contributed by atoms with Gasteiger partial charge in [-0.2, -0.15) is 10.1 Å². The molecule has 0 saturated heterocycles. The summed E-state index contributed by atoms with van der Waals surface area (Å²) in [6.45, 7) is 0. The zero-order valence-electron chi connectivity index (χ0n) is 15.3. The summed E-state index contributed by atoms with van der Waals surface area (Å²) in [5.74, 6) is 0.526. The third-order valence-corrected chi connectivity index (χ3v) is 3.78. The van der Waals surface area contributed by atoms with E-state index in [0.717, 1.165) is 17.1 Å². The fourth-order valence-corrected chi connectivity index (χ4v) is 2.34. The smallest absolute Gasteiger partial charge is 0.337 e. The maximum Gasteiger partial charge on any atom is 0.337 e. The molecule has 2 aromatic carbocycles. The van der Waals surface area contributed by atoms with Gasteiger partial charge in [0, 0.05) is 31.2 Å². The number of carbonyl (C=O) groups is 1. The molecule has 1 aromatic heterocycles. The van der Waals surface area contributed by atoms with Crippen LogP contribution in [-0.2, 0) is 4.74 Å². The normalized spacial score (nSPS) is 10.2. The number of nitrogens with zero attached hydrogens (tertiary/aromatic N) is 4. The molecule has 27 heavy (non-hydrogen) atoms. The van der Waals surface area contributed by atoms with Crippen LogP contribution in [-0.4, -0.2) is 42.4 Å². The van der Waals surface area contributed by atoms with Gasteiger partial charge < -0.3 is 20.3 Å². The summed E-state index contributed by atoms with van der Waals surface area (Å²) in [4.78, 5) is 17.9. The van der Waals surface area contributed by atoms with Crippen molar-refractivity contribution in [2.24, 2.45) is 0 Å². The molecule has 1 heterocycles. The summed E-state index contributed by atoms with van der Waals surface area (Å²) in [6.07, 6.45) is 1.55. The van der Waals surface area contributed by atoms with Crippen molar-refractivity contribution in [2.75, 3.05) is 36.7 Å². The molecule has 3 rings (SSSR count). The second-order valence-electron chi connectivity index (χ2n) is 5.93. The summed E-state index contributed by atoms with van der Waals surface area (Å²) in [5, 5.41) is 14.2. The molecule has 0 aliphatic rings. The molecule has 138 valence electrons. The van der Waals surface area contributed by atoms with Gasteiger partial charge in [-0.15, -0.1) is 5.10 Å². The molecular weight excluding hydrogens is 344 g/mol. The Morgan fingerprint density at radius 3 is 2.22 bits per heavy atom. The lowest BCUT2D eigenvalue weighted by Crippen LogP contribution is -2.08. The maximum atomic E-state index is 11.5. The minimum absolute atomic E-state index is 0.343. The van der Waals surface area contributed by atoms with Crippen LogP contribution in [0.5, 0.6) is 0 Å². The number of carbonyl (C=O) groups excluding carboxylic acids is 1. The second kappa shape index (κ2) is 8.13. The fraction of sp³-hybridized carbons (Fsp3) is 0.158. The van der Waals surface area contributed by atoms with Gasteiger partial charge in [-0.3, -0.25) is 0 Å². The van der Waals surface area contributed by atoms with E-state index in [9.17, 15) is 4.79 Å². The Balaban J connectivity index is 1.69. The predicted molar refractivity (Wildman–Crippen MR) is 105 cm³/mol. The van der Waals surface area contributed by atoms with Crippen molar-refractivity contribution in [1.29, 1.82) is 0 Å². The quantitative estimate of drug-likeness (QED) is 0.644. The molecule has 0 atom stereocenters. The number of hydrogen-bond donors (Lipinski definition) is 2. The molecule has 0 radical (unpaired) electrons. The minimum atomic E-state index is -0.383. The van der Waals surface area contributed by atoms with Crippen LogP contribution in [0, 0.1) is 0 Å². The SMILES string of the molecule is COC(=O)c1ccc(Nc2nncc(Nc3ccc(N(C)C)cc3)n2)cc1. The Kier molecular flexibility index (Phi) is 5.46. The van der Waals surface area contributed by atoms with E-state index in [-0.39, 0.29) is 5.97 Å². The monoisotopic (exact) mass is 364 g/mol. The number of methoxy groups -OCH3 is 1. The van der Waals surface area contributed by atoms with Gasteiger partial charge in [0.2, 0.25) is 5.95 Å². The van der Waals surface area contributed by atoms with Gasteiger partial charge in [0.1, 0.15) is 0 Å². The van der Waals surface area contributed by atoms with E-state index in [1.165, 1.54) is 7.11 Å². The molecule has 0 bridgehead atoms. The number of ether oxygens (including phenoxy) is 1. The molecule has 0 saturated carbocycles. The van der Waals surface area contributed by atoms with Gasteiger partial charge in [-0.05, 0) is 48.5 Å². The topological polar surface area (TPSA) is 92.3 Å². The number of rotatable bonds is 6. The summed E-state index contributed by atoms with van der Waals surface area (Å²) in [7, 11) is 5.33. The van der Waals surface area contributed by atoms with E-state index < -0.39 is 0 Å². The van der Waals surface area contributed by atoms with Crippen molar-refractivity contribution < 1.29 is 9.53 Å². The summed E-state index contributed by atoms with van der Waals surface area (Å²) in [6, 6.07) is 14.8. The predicted octanol–water partition coefficient (Wildman–Crippen LogP) is 3.21. The van der Waals surface area contributed by atoms with Crippen LogP contribution in [0.1, 0.15) is 10.4 Å². The number of esters is 1. The first-order valence-electron chi connectivity index (χ1n) is 8.24. The van der Waals surface area contributed by atoms with Crippen molar-refractivity contribution in [2.45, 2.75) is 0 Å². The first-order chi connectivity index (χ1) is 13.0. The van der Waals surface area contributed by atoms with E-state index in [2.05, 4.69) is 30.6 Å². The van der Waals surface area contributed by atoms with Gasteiger partial charge in [-0.25, -0.2) is 4.79 Å². The van der Waals surface area contributed by atoms with Gasteiger partial charge in [0.15, 0.2) is 5.82 Å². The van der Waals surface area contributed by atoms with E-state index >= 15 is 0 Å². The van der Waals surface area contributed by atoms with Crippen molar-refractivity contribution in [3.8, 4) is 0 Å². The Labute approximate surface area is 157 Å². The molecule has 0 aliphatic heterocycles. The summed E-state index contributed by atoms with van der Waals surface area (Å²) >= 11 is 0. The van der Waals surface area contributed by atoms with Crippen molar-refractivity contribution in [1.82, 2.24) is 15.2 Å². The molecule has 8 nitrogen and oxygen atoms in total. The highest BCUT2D eigenvalue weighted by molar-refractivity contribution is 5.89. The largest absolute Gasteiger partial charge is 0.465 e. The first kappa shape index (κ1) is 18.1. The number of benzene rings is 2. The highest BCUT2D eigenvalue weighted by Crippen LogP contribution is 2.20. The van der Waals surface area contributed by atoms with Gasteiger partial charge in [-0.1, -0.05) is 0 Å². The van der Waals surface area contributed by atoms with Crippen LogP contribution in [0.3, 0.4) is 0 Å². The number of anilines is 5. The number of aromatic nitrogens is 3. The summed E-state index contributed by atoms with van der Waals surface area (Å²) in [5.41, 5.74) is 3.21. The highest BCUT2D eigenvalue weighted by Gasteiger charge is 2.06. The molecule has 0 fully saturated rings.